The van der Waals surface area contributed by atoms with Gasteiger partial charge < -0.3 is 0 Å². The lowest BCUT2D eigenvalue weighted by molar-refractivity contribution is 0.463. The topological polar surface area (TPSA) is 36.2 Å². The van der Waals surface area contributed by atoms with Gasteiger partial charge in [0.25, 0.3) is 0 Å². The number of nitrogens with zero attached hydrogens (tertiary/aromatic N) is 1. The van der Waals surface area contributed by atoms with Gasteiger partial charge in [0, 0.05) is 0 Å². The zero-order valence-corrected chi connectivity index (χ0v) is 7.56. The summed E-state index contributed by atoms with van der Waals surface area (Å²) >= 11 is 0. The van der Waals surface area contributed by atoms with Gasteiger partial charge in [-0.3, -0.25) is 0 Å². The number of nitrogens with one attached hydrogen (secondary N) is 1. The Kier molecular flexibility index (Phi) is 7.06. The zero-order chi connectivity index (χ0) is 8.53. The Bertz CT molecular complexity index is 126. The molecule has 0 spiro atoms. The maximum atomic E-state index is 6.63. The van der Waals surface area contributed by atoms with Gasteiger partial charge in [0.05, 0.1) is 12.6 Å². The number of rotatable bonds is 6. The lowest BCUT2D eigenvalue weighted by Gasteiger charge is -2.09. The van der Waals surface area contributed by atoms with Gasteiger partial charge in [-0.1, -0.05) is 33.1 Å². The number of hydrogen-bond acceptors (Lipinski definition) is 2. The molecule has 0 aromatic carbocycles. The minimum absolute atomic E-state index is 0.674. The second-order valence-electron chi connectivity index (χ2n) is 2.87. The minimum Gasteiger partial charge on any atom is -0.242 e. The van der Waals surface area contributed by atoms with Crippen LogP contribution in [0.1, 0.15) is 39.5 Å². The maximum absolute atomic E-state index is 6.63. The third-order valence-electron chi connectivity index (χ3n) is 1.97. The minimum atomic E-state index is 0.674. The van der Waals surface area contributed by atoms with E-state index in [-0.39, 0.29) is 0 Å². The van der Waals surface area contributed by atoms with Crippen LogP contribution in [-0.4, -0.2) is 12.6 Å². The molecule has 0 rings (SSSR count). The van der Waals surface area contributed by atoms with E-state index in [1.165, 1.54) is 25.7 Å². The second-order valence-corrected chi connectivity index (χ2v) is 2.87. The molecule has 1 unspecified atom stereocenters. The summed E-state index contributed by atoms with van der Waals surface area (Å²) in [5, 5.41) is 6.63. The first-order valence-corrected chi connectivity index (χ1v) is 4.43. The molecule has 0 aliphatic rings. The fourth-order valence-electron chi connectivity index (χ4n) is 1.09. The van der Waals surface area contributed by atoms with Gasteiger partial charge in [-0.2, -0.15) is 0 Å². The lowest BCUT2D eigenvalue weighted by atomic mass is 10.00. The van der Waals surface area contributed by atoms with E-state index in [0.29, 0.717) is 5.92 Å². The summed E-state index contributed by atoms with van der Waals surface area (Å²) in [5.74, 6) is 0.674. The highest BCUT2D eigenvalue weighted by molar-refractivity contribution is 5.35. The first-order valence-electron chi connectivity index (χ1n) is 4.43. The van der Waals surface area contributed by atoms with Gasteiger partial charge in [0.15, 0.2) is 0 Å². The number of hydrogen-bond donors (Lipinski definition) is 1. The number of unbranched alkanes of at least 4 members (excludes halogenated alkanes) is 1. The normalized spacial score (nSPS) is 12.2. The van der Waals surface area contributed by atoms with Crippen molar-refractivity contribution in [1.82, 2.24) is 0 Å². The van der Waals surface area contributed by atoms with E-state index in [2.05, 4.69) is 24.8 Å². The van der Waals surface area contributed by atoms with Gasteiger partial charge in [0.1, 0.15) is 0 Å². The molecule has 0 fully saturated rings. The molecule has 1 N–H and O–H groups in total. The van der Waals surface area contributed by atoms with Crippen LogP contribution in [-0.2, 0) is 0 Å². The zero-order valence-electron chi connectivity index (χ0n) is 7.56. The van der Waals surface area contributed by atoms with Crippen LogP contribution in [0.15, 0.2) is 4.99 Å². The molecule has 0 bridgehead atoms. The van der Waals surface area contributed by atoms with Crippen LogP contribution in [0.2, 0.25) is 0 Å². The smallest absolute Gasteiger partial charge is 0.0862 e. The molecular weight excluding hydrogens is 136 g/mol. The van der Waals surface area contributed by atoms with Gasteiger partial charge >= 0.3 is 0 Å². The lowest BCUT2D eigenvalue weighted by Crippen LogP contribution is -2.02. The van der Waals surface area contributed by atoms with E-state index in [0.717, 1.165) is 6.54 Å². The molecule has 0 aromatic heterocycles. The van der Waals surface area contributed by atoms with E-state index in [4.69, 9.17) is 5.41 Å². The Morgan fingerprint density at radius 3 is 2.64 bits per heavy atom. The third-order valence-corrected chi connectivity index (χ3v) is 1.97. The summed E-state index contributed by atoms with van der Waals surface area (Å²) in [6, 6.07) is 2.08. The summed E-state index contributed by atoms with van der Waals surface area (Å²) in [5.41, 5.74) is 0. The van der Waals surface area contributed by atoms with Crippen molar-refractivity contribution in [2.24, 2.45) is 10.9 Å². The quantitative estimate of drug-likeness (QED) is 0.571. The highest BCUT2D eigenvalue weighted by atomic mass is 14.7. The summed E-state index contributed by atoms with van der Waals surface area (Å²) in [7, 11) is 0. The maximum Gasteiger partial charge on any atom is 0.0862 e. The molecule has 0 saturated heterocycles. The molecule has 64 valence electrons. The van der Waals surface area contributed by atoms with Gasteiger partial charge in [-0.05, 0) is 12.3 Å². The van der Waals surface area contributed by atoms with E-state index in [1.807, 2.05) is 0 Å². The molecule has 11 heavy (non-hydrogen) atoms. The van der Waals surface area contributed by atoms with Crippen molar-refractivity contribution in [3.05, 3.63) is 0 Å². The Hall–Kier alpha value is -0.620. The van der Waals surface area contributed by atoms with Crippen LogP contribution in [0.5, 0.6) is 0 Å². The Morgan fingerprint density at radius 1 is 1.45 bits per heavy atom. The summed E-state index contributed by atoms with van der Waals surface area (Å²) in [4.78, 5) is 3.81. The van der Waals surface area contributed by atoms with E-state index in [1.54, 1.807) is 0 Å². The Labute approximate surface area is 69.2 Å². The third kappa shape index (κ3) is 5.81. The van der Waals surface area contributed by atoms with Crippen molar-refractivity contribution >= 4 is 6.01 Å². The fourth-order valence-corrected chi connectivity index (χ4v) is 1.09. The van der Waals surface area contributed by atoms with E-state index < -0.39 is 0 Å². The molecular formula is C9H18N2. The van der Waals surface area contributed by atoms with Crippen molar-refractivity contribution < 1.29 is 0 Å². The molecule has 0 aromatic rings. The monoisotopic (exact) mass is 154 g/mol. The Balaban J connectivity index is 3.48. The average molecular weight is 154 g/mol. The predicted octanol–water partition coefficient (Wildman–Crippen LogP) is 2.96. The molecule has 0 saturated carbocycles. The SMILES string of the molecule is CCCCC(CC)CN=C=N. The highest BCUT2D eigenvalue weighted by Crippen LogP contribution is 2.12. The van der Waals surface area contributed by atoms with Crippen molar-refractivity contribution in [1.29, 1.82) is 5.41 Å². The molecule has 0 aliphatic heterocycles. The first-order chi connectivity index (χ1) is 5.35. The van der Waals surface area contributed by atoms with E-state index >= 15 is 0 Å². The van der Waals surface area contributed by atoms with Crippen molar-refractivity contribution in [3.8, 4) is 0 Å². The van der Waals surface area contributed by atoms with Gasteiger partial charge in [-0.25, -0.2) is 10.4 Å². The van der Waals surface area contributed by atoms with Gasteiger partial charge in [0.2, 0.25) is 0 Å². The highest BCUT2D eigenvalue weighted by Gasteiger charge is 2.02. The van der Waals surface area contributed by atoms with Crippen LogP contribution in [0.25, 0.3) is 0 Å². The van der Waals surface area contributed by atoms with Crippen LogP contribution in [0.3, 0.4) is 0 Å². The van der Waals surface area contributed by atoms with Gasteiger partial charge in [-0.15, -0.1) is 0 Å². The van der Waals surface area contributed by atoms with Crippen molar-refractivity contribution in [3.63, 3.8) is 0 Å². The first kappa shape index (κ1) is 10.4. The molecule has 1 atom stereocenters. The summed E-state index contributed by atoms with van der Waals surface area (Å²) < 4.78 is 0. The molecule has 0 radical (unpaired) electrons. The fraction of sp³-hybridized carbons (Fsp3) is 0.889. The molecule has 2 nitrogen and oxygen atoms in total. The average Bonchev–Trinajstić information content (AvgIpc) is 2.05. The van der Waals surface area contributed by atoms with Crippen LogP contribution in [0.4, 0.5) is 0 Å². The molecule has 2 heteroatoms. The standard InChI is InChI=1S/C9H18N2/c1-3-5-6-9(4-2)7-11-8-10/h9-10H,3-7H2,1-2H3. The Morgan fingerprint density at radius 2 is 2.18 bits per heavy atom. The number of aliphatic imine (C=N–C) groups is 1. The molecule has 0 aliphatic carbocycles. The van der Waals surface area contributed by atoms with Crippen molar-refractivity contribution in [2.45, 2.75) is 39.5 Å². The van der Waals surface area contributed by atoms with Crippen molar-refractivity contribution in [2.75, 3.05) is 6.54 Å². The second kappa shape index (κ2) is 7.49. The van der Waals surface area contributed by atoms with Crippen LogP contribution >= 0.6 is 0 Å². The molecule has 0 amide bonds. The predicted molar refractivity (Wildman–Crippen MR) is 48.3 cm³/mol. The van der Waals surface area contributed by atoms with E-state index in [9.17, 15) is 0 Å². The largest absolute Gasteiger partial charge is 0.242 e. The van der Waals surface area contributed by atoms with Crippen LogP contribution < -0.4 is 0 Å². The summed E-state index contributed by atoms with van der Waals surface area (Å²) in [6.07, 6.45) is 4.96. The molecule has 0 heterocycles. The van der Waals surface area contributed by atoms with Crippen LogP contribution in [0, 0.1) is 11.3 Å². The summed E-state index contributed by atoms with van der Waals surface area (Å²) in [6.45, 7) is 5.17.